The second-order valence-electron chi connectivity index (χ2n) is 12.1. The van der Waals surface area contributed by atoms with Gasteiger partial charge in [0.1, 0.15) is 17.2 Å². The van der Waals surface area contributed by atoms with Crippen LogP contribution in [0, 0.1) is 0 Å². The zero-order valence-electron chi connectivity index (χ0n) is 29.3. The molecule has 0 atom stereocenters. The van der Waals surface area contributed by atoms with Crippen molar-refractivity contribution < 1.29 is 43.6 Å². The van der Waals surface area contributed by atoms with Crippen molar-refractivity contribution in [1.82, 2.24) is 0 Å². The molecule has 0 saturated heterocycles. The van der Waals surface area contributed by atoms with Crippen LogP contribution in [0.25, 0.3) is 0 Å². The largest absolute Gasteiger partial charge is 0.507 e. The Bertz CT molecular complexity index is 1980. The van der Waals surface area contributed by atoms with Crippen molar-refractivity contribution in [2.24, 2.45) is 0 Å². The zero-order chi connectivity index (χ0) is 37.4. The first-order valence-corrected chi connectivity index (χ1v) is 17.7. The third-order valence-electron chi connectivity index (χ3n) is 8.54. The summed E-state index contributed by atoms with van der Waals surface area (Å²) in [5, 5.41) is 27.8. The van der Waals surface area contributed by atoms with E-state index in [1.807, 2.05) is 0 Å². The number of benzene rings is 4. The van der Waals surface area contributed by atoms with Crippen LogP contribution in [0.4, 0.5) is 22.7 Å². The molecule has 1 aliphatic rings. The number of halogens is 1. The maximum absolute atomic E-state index is 14.3. The van der Waals surface area contributed by atoms with Gasteiger partial charge in [0, 0.05) is 11.4 Å². The molecule has 0 aromatic heterocycles. The molecule has 0 saturated carbocycles. The minimum Gasteiger partial charge on any atom is -0.507 e. The van der Waals surface area contributed by atoms with E-state index in [0.717, 1.165) is 44.2 Å². The highest BCUT2D eigenvalue weighted by Crippen LogP contribution is 2.51. The summed E-state index contributed by atoms with van der Waals surface area (Å²) < 4.78 is 16.6. The number of phenolic OH excluding ortho intramolecular Hbond substituents is 2. The molecule has 12 heteroatoms. The summed E-state index contributed by atoms with van der Waals surface area (Å²) in [5.41, 5.74) is 0.799. The van der Waals surface area contributed by atoms with E-state index in [2.05, 4.69) is 17.6 Å². The number of ether oxygens (including phenoxy) is 3. The number of ketones is 2. The number of fused-ring (bicyclic) bond motifs is 2. The monoisotopic (exact) mass is 728 g/mol. The van der Waals surface area contributed by atoms with Gasteiger partial charge in [0.25, 0.3) is 0 Å². The second kappa shape index (κ2) is 17.1. The van der Waals surface area contributed by atoms with Gasteiger partial charge in [-0.25, -0.2) is 9.59 Å². The number of hydrogen-bond acceptors (Lipinski definition) is 11. The van der Waals surface area contributed by atoms with Crippen LogP contribution >= 0.6 is 11.6 Å². The van der Waals surface area contributed by atoms with Crippen molar-refractivity contribution in [3.63, 3.8) is 0 Å². The summed E-state index contributed by atoms with van der Waals surface area (Å²) in [6.07, 6.45) is 5.83. The number of anilines is 4. The van der Waals surface area contributed by atoms with E-state index in [1.165, 1.54) is 0 Å². The minimum atomic E-state index is -0.779. The van der Waals surface area contributed by atoms with Gasteiger partial charge in [-0.2, -0.15) is 0 Å². The zero-order valence-corrected chi connectivity index (χ0v) is 30.0. The number of unbranched alkanes of at least 4 members (excludes halogenated alkanes) is 5. The van der Waals surface area contributed by atoms with E-state index < -0.39 is 35.0 Å². The second-order valence-corrected chi connectivity index (χ2v) is 12.5. The molecule has 0 spiro atoms. The number of carbonyl (C=O) groups is 4. The topological polar surface area (TPSA) is 160 Å². The van der Waals surface area contributed by atoms with Gasteiger partial charge >= 0.3 is 11.9 Å². The Morgan fingerprint density at radius 3 is 1.58 bits per heavy atom. The summed E-state index contributed by atoms with van der Waals surface area (Å²) in [6.45, 7) is 6.17. The van der Waals surface area contributed by atoms with Gasteiger partial charge in [0.15, 0.2) is 11.5 Å². The molecule has 0 fully saturated rings. The van der Waals surface area contributed by atoms with Gasteiger partial charge in [-0.05, 0) is 80.9 Å². The van der Waals surface area contributed by atoms with Crippen LogP contribution in [-0.2, 0) is 9.47 Å². The van der Waals surface area contributed by atoms with Gasteiger partial charge in [0.05, 0.1) is 63.9 Å². The Kier molecular flexibility index (Phi) is 12.4. The molecule has 4 N–H and O–H groups in total. The van der Waals surface area contributed by atoms with Crippen molar-refractivity contribution in [2.75, 3.05) is 30.5 Å². The van der Waals surface area contributed by atoms with Crippen molar-refractivity contribution in [3.05, 3.63) is 99.1 Å². The highest BCUT2D eigenvalue weighted by molar-refractivity contribution is 6.43. The molecule has 0 radical (unpaired) electrons. The molecule has 52 heavy (non-hydrogen) atoms. The van der Waals surface area contributed by atoms with Crippen molar-refractivity contribution in [2.45, 2.75) is 59.3 Å². The molecule has 0 aliphatic heterocycles. The lowest BCUT2D eigenvalue weighted by Gasteiger charge is -2.28. The number of aromatic hydroxyl groups is 2. The van der Waals surface area contributed by atoms with Gasteiger partial charge in [-0.15, -0.1) is 0 Å². The Hall–Kier alpha value is -5.55. The number of hydrogen-bond donors (Lipinski definition) is 4. The first kappa shape index (κ1) is 37.7. The average Bonchev–Trinajstić information content (AvgIpc) is 3.14. The van der Waals surface area contributed by atoms with E-state index in [4.69, 9.17) is 25.8 Å². The number of rotatable bonds is 16. The van der Waals surface area contributed by atoms with Gasteiger partial charge in [-0.1, -0.05) is 50.6 Å². The molecule has 4 aromatic rings. The normalized spacial score (nSPS) is 11.8. The predicted molar refractivity (Wildman–Crippen MR) is 198 cm³/mol. The lowest BCUT2D eigenvalue weighted by Crippen LogP contribution is -2.24. The Balaban J connectivity index is 1.67. The van der Waals surface area contributed by atoms with Crippen LogP contribution in [0.2, 0.25) is 5.02 Å². The third-order valence-corrected chi connectivity index (χ3v) is 8.92. The molecule has 5 rings (SSSR count). The van der Waals surface area contributed by atoms with E-state index in [-0.39, 0.29) is 64.2 Å². The van der Waals surface area contributed by atoms with E-state index in [1.54, 1.807) is 62.4 Å². The van der Waals surface area contributed by atoms with Gasteiger partial charge in [0.2, 0.25) is 5.78 Å². The third kappa shape index (κ3) is 8.00. The molecule has 11 nitrogen and oxygen atoms in total. The van der Waals surface area contributed by atoms with E-state index >= 15 is 0 Å². The number of carbonyl (C=O) groups excluding carboxylic acids is 4. The van der Waals surface area contributed by atoms with Crippen LogP contribution in [0.3, 0.4) is 0 Å². The molecular weight excluding hydrogens is 688 g/mol. The first-order valence-electron chi connectivity index (χ1n) is 17.4. The smallest absolute Gasteiger partial charge is 0.338 e. The molecular formula is C40H41ClN2O9. The first-order chi connectivity index (χ1) is 25.1. The fourth-order valence-electron chi connectivity index (χ4n) is 5.95. The van der Waals surface area contributed by atoms with Gasteiger partial charge in [-0.3, -0.25) is 9.59 Å². The summed E-state index contributed by atoms with van der Waals surface area (Å²) in [5.74, 6) is -3.50. The summed E-state index contributed by atoms with van der Waals surface area (Å²) in [4.78, 5) is 53.2. The van der Waals surface area contributed by atoms with Crippen LogP contribution in [0.15, 0.2) is 60.7 Å². The summed E-state index contributed by atoms with van der Waals surface area (Å²) in [6, 6.07) is 15.1. The maximum atomic E-state index is 14.3. The average molecular weight is 729 g/mol. The summed E-state index contributed by atoms with van der Waals surface area (Å²) >= 11 is 7.09. The number of esters is 2. The van der Waals surface area contributed by atoms with E-state index in [0.29, 0.717) is 28.9 Å². The minimum absolute atomic E-state index is 0.000172. The van der Waals surface area contributed by atoms with Crippen molar-refractivity contribution in [1.29, 1.82) is 0 Å². The lowest BCUT2D eigenvalue weighted by molar-refractivity contribution is 0.0517. The Labute approximate surface area is 306 Å². The van der Waals surface area contributed by atoms with E-state index in [9.17, 15) is 29.4 Å². The van der Waals surface area contributed by atoms with Crippen LogP contribution in [0.1, 0.15) is 112 Å². The highest BCUT2D eigenvalue weighted by Gasteiger charge is 2.41. The fraction of sp³-hybridized carbons (Fsp3) is 0.300. The lowest BCUT2D eigenvalue weighted by atomic mass is 9.81. The molecule has 0 amide bonds. The molecule has 1 aliphatic carbocycles. The van der Waals surface area contributed by atoms with Crippen LogP contribution in [0.5, 0.6) is 17.2 Å². The standard InChI is InChI=1S/C40H41ClN2O9/c1-4-7-8-9-10-11-22-52-38-32-31(36(46)29-27(44)20-21-28(45)30(29)37(32)47)33(41)34(42-25-16-12-23(13-17-25)39(48)50-5-2)35(38)43-26-18-14-24(15-19-26)40(49)51-6-3/h12-21,42-45H,4-11,22H2,1-3H3. The van der Waals surface area contributed by atoms with Crippen molar-refractivity contribution >= 4 is 57.9 Å². The SMILES string of the molecule is CCCCCCCCOc1c(Nc2ccc(C(=O)OCC)cc2)c(Nc2ccc(C(=O)OCC)cc2)c(Cl)c2c1C(=O)c1c(O)ccc(O)c1C2=O. The number of phenols is 2. The molecule has 272 valence electrons. The Morgan fingerprint density at radius 2 is 1.08 bits per heavy atom. The van der Waals surface area contributed by atoms with Crippen LogP contribution < -0.4 is 15.4 Å². The van der Waals surface area contributed by atoms with Crippen molar-refractivity contribution in [3.8, 4) is 17.2 Å². The van der Waals surface area contributed by atoms with Crippen LogP contribution in [-0.4, -0.2) is 53.5 Å². The van der Waals surface area contributed by atoms with Gasteiger partial charge < -0.3 is 35.1 Å². The molecule has 0 unspecified atom stereocenters. The quantitative estimate of drug-likeness (QED) is 0.0436. The highest BCUT2D eigenvalue weighted by atomic mass is 35.5. The molecule has 0 bridgehead atoms. The fourth-order valence-corrected chi connectivity index (χ4v) is 6.27. The summed E-state index contributed by atoms with van der Waals surface area (Å²) in [7, 11) is 0. The Morgan fingerprint density at radius 1 is 0.615 bits per heavy atom. The molecule has 0 heterocycles. The number of nitrogens with one attached hydrogen (secondary N) is 2. The maximum Gasteiger partial charge on any atom is 0.338 e. The molecule has 4 aromatic carbocycles. The predicted octanol–water partition coefficient (Wildman–Crippen LogP) is 9.11.